The van der Waals surface area contributed by atoms with Crippen LogP contribution < -0.4 is 0 Å². The number of benzene rings is 1. The summed E-state index contributed by atoms with van der Waals surface area (Å²) in [6, 6.07) is 5.53. The van der Waals surface area contributed by atoms with E-state index in [1.165, 1.54) is 24.3 Å². The average Bonchev–Trinajstić information content (AvgIpc) is 2.89. The molecule has 2 aromatic rings. The molecule has 1 atom stereocenters. The van der Waals surface area contributed by atoms with Crippen LogP contribution in [0.4, 0.5) is 4.39 Å². The molecule has 2 rings (SSSR count). The molecule has 8 heteroatoms. The third-order valence-corrected chi connectivity index (χ3v) is 5.64. The van der Waals surface area contributed by atoms with Gasteiger partial charge in [0.15, 0.2) is 0 Å². The minimum absolute atomic E-state index is 0.135. The number of hydrogen-bond acceptors (Lipinski definition) is 6. The van der Waals surface area contributed by atoms with Gasteiger partial charge in [0.25, 0.3) is 0 Å². The molecule has 0 unspecified atom stereocenters. The minimum atomic E-state index is -3.74. The lowest BCUT2D eigenvalue weighted by Crippen LogP contribution is -2.24. The number of aliphatic hydroxyl groups excluding tert-OH is 2. The molecule has 1 aromatic carbocycles. The number of thiazole rings is 1. The van der Waals surface area contributed by atoms with E-state index >= 15 is 0 Å². The summed E-state index contributed by atoms with van der Waals surface area (Å²) in [6.45, 7) is -0.630. The van der Waals surface area contributed by atoms with Crippen molar-refractivity contribution < 1.29 is 23.0 Å². The van der Waals surface area contributed by atoms with Gasteiger partial charge in [-0.3, -0.25) is 0 Å². The summed E-state index contributed by atoms with van der Waals surface area (Å²) >= 11 is 0.922. The summed E-state index contributed by atoms with van der Waals surface area (Å²) in [6.07, 6.45) is -1.34. The van der Waals surface area contributed by atoms with E-state index in [0.29, 0.717) is 11.3 Å². The van der Waals surface area contributed by atoms with Gasteiger partial charge in [-0.05, 0) is 24.3 Å². The highest BCUT2D eigenvalue weighted by molar-refractivity contribution is 7.93. The first-order valence-electron chi connectivity index (χ1n) is 5.65. The molecule has 5 nitrogen and oxygen atoms in total. The Bertz CT molecular complexity index is 682. The number of halogens is 1. The Hall–Kier alpha value is -1.35. The molecular formula is C12H12FNO4S2. The van der Waals surface area contributed by atoms with Gasteiger partial charge in [0.1, 0.15) is 5.82 Å². The van der Waals surface area contributed by atoms with Crippen molar-refractivity contribution in [2.75, 3.05) is 12.4 Å². The maximum Gasteiger partial charge on any atom is 0.209 e. The van der Waals surface area contributed by atoms with Gasteiger partial charge in [-0.25, -0.2) is 17.8 Å². The standard InChI is InChI=1S/C12H12FNO4S2/c13-9-3-1-8(2-4-9)11-6-19-12(14-11)20(17,18)7-10(16)5-15/h1-4,6,10,15-16H,5,7H2/t10-/m1/s1. The molecule has 1 heterocycles. The van der Waals surface area contributed by atoms with Crippen LogP contribution in [0.3, 0.4) is 0 Å². The van der Waals surface area contributed by atoms with Crippen molar-refractivity contribution in [1.29, 1.82) is 0 Å². The molecule has 1 aromatic heterocycles. The molecule has 0 radical (unpaired) electrons. The fourth-order valence-corrected chi connectivity index (χ4v) is 4.01. The van der Waals surface area contributed by atoms with Crippen LogP contribution in [-0.4, -0.2) is 42.1 Å². The van der Waals surface area contributed by atoms with Crippen molar-refractivity contribution >= 4 is 21.2 Å². The molecule has 108 valence electrons. The van der Waals surface area contributed by atoms with Crippen LogP contribution in [0.2, 0.25) is 0 Å². The lowest BCUT2D eigenvalue weighted by molar-refractivity contribution is 0.112. The Kier molecular flexibility index (Phi) is 4.48. The third-order valence-electron chi connectivity index (χ3n) is 2.51. The molecule has 0 fully saturated rings. The molecule has 0 aliphatic heterocycles. The van der Waals surface area contributed by atoms with Gasteiger partial charge in [0.05, 0.1) is 24.2 Å². The Morgan fingerprint density at radius 1 is 1.30 bits per heavy atom. The molecule has 0 aliphatic rings. The van der Waals surface area contributed by atoms with Crippen LogP contribution in [0.25, 0.3) is 11.3 Å². The molecule has 20 heavy (non-hydrogen) atoms. The molecular weight excluding hydrogens is 305 g/mol. The van der Waals surface area contributed by atoms with E-state index in [1.807, 2.05) is 0 Å². The van der Waals surface area contributed by atoms with Gasteiger partial charge in [-0.15, -0.1) is 11.3 Å². The van der Waals surface area contributed by atoms with Gasteiger partial charge in [-0.2, -0.15) is 0 Å². The Labute approximate surface area is 119 Å². The van der Waals surface area contributed by atoms with E-state index in [9.17, 15) is 17.9 Å². The fourth-order valence-electron chi connectivity index (χ4n) is 1.53. The first-order valence-corrected chi connectivity index (χ1v) is 8.19. The van der Waals surface area contributed by atoms with Crippen molar-refractivity contribution in [2.45, 2.75) is 10.4 Å². The lowest BCUT2D eigenvalue weighted by atomic mass is 10.2. The second-order valence-electron chi connectivity index (χ2n) is 4.12. The SMILES string of the molecule is O=S(=O)(C[C@H](O)CO)c1nc(-c2ccc(F)cc2)cs1. The van der Waals surface area contributed by atoms with E-state index in [2.05, 4.69) is 4.98 Å². The van der Waals surface area contributed by atoms with Crippen LogP contribution in [0, 0.1) is 5.82 Å². The van der Waals surface area contributed by atoms with Gasteiger partial charge in [0, 0.05) is 10.9 Å². The number of rotatable bonds is 5. The van der Waals surface area contributed by atoms with Crippen LogP contribution >= 0.6 is 11.3 Å². The van der Waals surface area contributed by atoms with Crippen molar-refractivity contribution in [2.24, 2.45) is 0 Å². The number of sulfone groups is 1. The average molecular weight is 317 g/mol. The zero-order valence-corrected chi connectivity index (χ0v) is 11.9. The zero-order chi connectivity index (χ0) is 14.8. The van der Waals surface area contributed by atoms with Crippen LogP contribution in [0.15, 0.2) is 34.0 Å². The van der Waals surface area contributed by atoms with Crippen LogP contribution in [-0.2, 0) is 9.84 Å². The van der Waals surface area contributed by atoms with Gasteiger partial charge in [-0.1, -0.05) is 0 Å². The quantitative estimate of drug-likeness (QED) is 0.861. The normalized spacial score (nSPS) is 13.3. The fraction of sp³-hybridized carbons (Fsp3) is 0.250. The summed E-state index contributed by atoms with van der Waals surface area (Å²) in [5.41, 5.74) is 1.03. The predicted octanol–water partition coefficient (Wildman–Crippen LogP) is 1.08. The summed E-state index contributed by atoms with van der Waals surface area (Å²) in [5, 5.41) is 19.4. The second kappa shape index (κ2) is 5.96. The summed E-state index contributed by atoms with van der Waals surface area (Å²) in [4.78, 5) is 3.98. The highest BCUT2D eigenvalue weighted by Gasteiger charge is 2.23. The highest BCUT2D eigenvalue weighted by Crippen LogP contribution is 2.25. The number of hydrogen-bond donors (Lipinski definition) is 2. The predicted molar refractivity (Wildman–Crippen MR) is 72.7 cm³/mol. The lowest BCUT2D eigenvalue weighted by Gasteiger charge is -2.05. The molecule has 2 N–H and O–H groups in total. The molecule has 0 saturated carbocycles. The maximum atomic E-state index is 12.8. The van der Waals surface area contributed by atoms with E-state index in [1.54, 1.807) is 5.38 Å². The molecule has 0 saturated heterocycles. The van der Waals surface area contributed by atoms with Gasteiger partial charge < -0.3 is 10.2 Å². The zero-order valence-electron chi connectivity index (χ0n) is 10.2. The minimum Gasteiger partial charge on any atom is -0.394 e. The van der Waals surface area contributed by atoms with E-state index < -0.39 is 28.3 Å². The highest BCUT2D eigenvalue weighted by atomic mass is 32.2. The van der Waals surface area contributed by atoms with Crippen molar-refractivity contribution in [3.63, 3.8) is 0 Å². The molecule has 0 aliphatic carbocycles. The van der Waals surface area contributed by atoms with Crippen molar-refractivity contribution in [3.8, 4) is 11.3 Å². The Morgan fingerprint density at radius 2 is 1.95 bits per heavy atom. The van der Waals surface area contributed by atoms with E-state index in [4.69, 9.17) is 5.11 Å². The van der Waals surface area contributed by atoms with E-state index in [0.717, 1.165) is 11.3 Å². The molecule has 0 amide bonds. The largest absolute Gasteiger partial charge is 0.394 e. The summed E-state index contributed by atoms with van der Waals surface area (Å²) < 4.78 is 36.5. The number of aliphatic hydroxyl groups is 2. The first-order chi connectivity index (χ1) is 9.42. The number of aromatic nitrogens is 1. The monoisotopic (exact) mass is 317 g/mol. The number of nitrogens with zero attached hydrogens (tertiary/aromatic N) is 1. The maximum absolute atomic E-state index is 12.8. The Morgan fingerprint density at radius 3 is 2.55 bits per heavy atom. The van der Waals surface area contributed by atoms with E-state index in [-0.39, 0.29) is 10.2 Å². The second-order valence-corrected chi connectivity index (χ2v) is 7.19. The topological polar surface area (TPSA) is 87.5 Å². The third kappa shape index (κ3) is 3.40. The van der Waals surface area contributed by atoms with Crippen molar-refractivity contribution in [3.05, 3.63) is 35.5 Å². The first kappa shape index (κ1) is 15.0. The molecule has 0 spiro atoms. The molecule has 0 bridgehead atoms. The Balaban J connectivity index is 2.27. The van der Waals surface area contributed by atoms with Crippen LogP contribution in [0.5, 0.6) is 0 Å². The summed E-state index contributed by atoms with van der Waals surface area (Å²) in [7, 11) is -3.74. The van der Waals surface area contributed by atoms with Crippen LogP contribution in [0.1, 0.15) is 0 Å². The smallest absolute Gasteiger partial charge is 0.209 e. The van der Waals surface area contributed by atoms with Gasteiger partial charge >= 0.3 is 0 Å². The van der Waals surface area contributed by atoms with Gasteiger partial charge in [0.2, 0.25) is 14.2 Å². The van der Waals surface area contributed by atoms with Crippen molar-refractivity contribution in [1.82, 2.24) is 4.98 Å². The summed E-state index contributed by atoms with van der Waals surface area (Å²) in [5.74, 6) is -0.970.